The maximum atomic E-state index is 13.1. The molecule has 1 aliphatic heterocycles. The van der Waals surface area contributed by atoms with Crippen LogP contribution in [0.25, 0.3) is 22.2 Å². The van der Waals surface area contributed by atoms with Crippen LogP contribution in [0.5, 0.6) is 0 Å². The molecule has 1 fully saturated rings. The van der Waals surface area contributed by atoms with Gasteiger partial charge in [0.1, 0.15) is 0 Å². The third kappa shape index (κ3) is 4.57. The molecule has 1 saturated heterocycles. The lowest BCUT2D eigenvalue weighted by Gasteiger charge is -2.17. The molecule has 3 aromatic rings. The Kier molecular flexibility index (Phi) is 6.23. The average Bonchev–Trinajstić information content (AvgIpc) is 3.15. The summed E-state index contributed by atoms with van der Waals surface area (Å²) in [6.07, 6.45) is 5.06. The fraction of sp³-hybridized carbons (Fsp3) is 0.300. The minimum absolute atomic E-state index is 0.178. The van der Waals surface area contributed by atoms with E-state index in [-0.39, 0.29) is 41.6 Å². The number of ether oxygens (including phenoxy) is 1. The third-order valence-corrected chi connectivity index (χ3v) is 7.01. The number of ketones is 1. The maximum absolute atomic E-state index is 13.1. The van der Waals surface area contributed by atoms with E-state index in [1.165, 1.54) is 4.90 Å². The van der Waals surface area contributed by atoms with E-state index in [9.17, 15) is 19.2 Å². The van der Waals surface area contributed by atoms with Crippen molar-refractivity contribution in [3.8, 4) is 11.3 Å². The zero-order valence-electron chi connectivity index (χ0n) is 21.1. The molecule has 7 heteroatoms. The van der Waals surface area contributed by atoms with E-state index in [1.54, 1.807) is 63.2 Å². The van der Waals surface area contributed by atoms with Crippen molar-refractivity contribution in [1.29, 1.82) is 0 Å². The van der Waals surface area contributed by atoms with Crippen LogP contribution in [0, 0.1) is 17.3 Å². The highest BCUT2D eigenvalue weighted by atomic mass is 16.5. The Morgan fingerprint density at radius 2 is 1.62 bits per heavy atom. The number of aromatic nitrogens is 1. The molecule has 188 valence electrons. The average molecular weight is 497 g/mol. The summed E-state index contributed by atoms with van der Waals surface area (Å²) in [6.45, 7) is 5.01. The van der Waals surface area contributed by atoms with E-state index in [1.807, 2.05) is 24.3 Å². The van der Waals surface area contributed by atoms with E-state index in [0.717, 1.165) is 0 Å². The Labute approximate surface area is 215 Å². The highest BCUT2D eigenvalue weighted by molar-refractivity contribution is 6.22. The summed E-state index contributed by atoms with van der Waals surface area (Å²) in [5, 5.41) is 0.608. The summed E-state index contributed by atoms with van der Waals surface area (Å²) in [7, 11) is 0. The fourth-order valence-corrected chi connectivity index (χ4v) is 4.78. The molecule has 2 amide bonds. The van der Waals surface area contributed by atoms with Gasteiger partial charge in [0, 0.05) is 16.4 Å². The zero-order chi connectivity index (χ0) is 26.3. The van der Waals surface area contributed by atoms with Crippen molar-refractivity contribution in [2.75, 3.05) is 11.5 Å². The summed E-state index contributed by atoms with van der Waals surface area (Å²) < 4.78 is 5.38. The lowest BCUT2D eigenvalue weighted by atomic mass is 9.85. The minimum atomic E-state index is -0.621. The standard InChI is InChI=1S/C30H28N2O5/c1-30(2,3)26(33)17-37-29(36)23-16-25(31-24-14-7-6-11-20(23)24)18-9-8-10-19(15-18)32-27(34)21-12-4-5-13-22(21)28(32)35/h4-11,14-16,21-22H,12-13,17H2,1-3H3. The number of nitrogens with zero attached hydrogens (tertiary/aromatic N) is 2. The normalized spacial score (nSPS) is 19.3. The second-order valence-corrected chi connectivity index (χ2v) is 10.5. The van der Waals surface area contributed by atoms with Gasteiger partial charge in [-0.05, 0) is 37.1 Å². The number of fused-ring (bicyclic) bond motifs is 2. The zero-order valence-corrected chi connectivity index (χ0v) is 21.1. The molecule has 0 spiro atoms. The number of allylic oxidation sites excluding steroid dienone is 2. The lowest BCUT2D eigenvalue weighted by Crippen LogP contribution is -2.30. The summed E-state index contributed by atoms with van der Waals surface area (Å²) in [5.41, 5.74) is 1.88. The van der Waals surface area contributed by atoms with Crippen LogP contribution in [0.15, 0.2) is 66.7 Å². The van der Waals surface area contributed by atoms with Gasteiger partial charge >= 0.3 is 5.97 Å². The van der Waals surface area contributed by atoms with Crippen LogP contribution in [0.3, 0.4) is 0 Å². The first-order chi connectivity index (χ1) is 17.6. The Balaban J connectivity index is 1.50. The molecule has 2 heterocycles. The van der Waals surface area contributed by atoms with Crippen LogP contribution in [-0.2, 0) is 19.1 Å². The first-order valence-electron chi connectivity index (χ1n) is 12.4. The van der Waals surface area contributed by atoms with Gasteiger partial charge in [-0.1, -0.05) is 63.3 Å². The molecular formula is C30H28N2O5. The number of amides is 2. The van der Waals surface area contributed by atoms with Crippen LogP contribution in [-0.4, -0.2) is 35.2 Å². The predicted octanol–water partition coefficient (Wildman–Crippen LogP) is 5.13. The molecule has 2 aromatic carbocycles. The highest BCUT2D eigenvalue weighted by Crippen LogP contribution is 2.38. The lowest BCUT2D eigenvalue weighted by molar-refractivity contribution is -0.129. The molecule has 1 aromatic heterocycles. The number of imide groups is 1. The first-order valence-corrected chi connectivity index (χ1v) is 12.4. The molecule has 0 radical (unpaired) electrons. The number of benzene rings is 2. The molecule has 2 atom stereocenters. The van der Waals surface area contributed by atoms with Crippen LogP contribution in [0.4, 0.5) is 5.69 Å². The second kappa shape index (κ2) is 9.39. The summed E-state index contributed by atoms with van der Waals surface area (Å²) in [5.74, 6) is -1.81. The SMILES string of the molecule is CC(C)(C)C(=O)COC(=O)c1cc(-c2cccc(N3C(=O)C4CC=CCC4C3=O)c2)nc2ccccc12. The van der Waals surface area contributed by atoms with Gasteiger partial charge in [-0.25, -0.2) is 9.78 Å². The number of esters is 1. The number of hydrogen-bond donors (Lipinski definition) is 0. The van der Waals surface area contributed by atoms with Gasteiger partial charge in [-0.2, -0.15) is 0 Å². The molecule has 5 rings (SSSR count). The topological polar surface area (TPSA) is 93.6 Å². The van der Waals surface area contributed by atoms with Gasteiger partial charge in [-0.3, -0.25) is 19.3 Å². The van der Waals surface area contributed by atoms with Crippen LogP contribution < -0.4 is 4.90 Å². The van der Waals surface area contributed by atoms with E-state index in [2.05, 4.69) is 0 Å². The van der Waals surface area contributed by atoms with Crippen molar-refractivity contribution in [2.45, 2.75) is 33.6 Å². The van der Waals surface area contributed by atoms with Crippen molar-refractivity contribution in [3.05, 3.63) is 72.3 Å². The summed E-state index contributed by atoms with van der Waals surface area (Å²) in [4.78, 5) is 57.6. The predicted molar refractivity (Wildman–Crippen MR) is 140 cm³/mol. The fourth-order valence-electron chi connectivity index (χ4n) is 4.78. The molecule has 7 nitrogen and oxygen atoms in total. The van der Waals surface area contributed by atoms with Gasteiger partial charge < -0.3 is 4.74 Å². The van der Waals surface area contributed by atoms with Crippen molar-refractivity contribution < 1.29 is 23.9 Å². The number of carbonyl (C=O) groups is 4. The smallest absolute Gasteiger partial charge is 0.339 e. The summed E-state index contributed by atoms with van der Waals surface area (Å²) in [6, 6.07) is 15.9. The maximum Gasteiger partial charge on any atom is 0.339 e. The molecule has 0 saturated carbocycles. The highest BCUT2D eigenvalue weighted by Gasteiger charge is 2.47. The van der Waals surface area contributed by atoms with E-state index in [0.29, 0.717) is 40.7 Å². The molecule has 0 N–H and O–H groups in total. The van der Waals surface area contributed by atoms with Gasteiger partial charge in [0.05, 0.1) is 34.3 Å². The van der Waals surface area contributed by atoms with Crippen molar-refractivity contribution in [3.63, 3.8) is 0 Å². The molecule has 0 bridgehead atoms. The van der Waals surface area contributed by atoms with Crippen LogP contribution in [0.1, 0.15) is 44.0 Å². The molecule has 2 aliphatic rings. The van der Waals surface area contributed by atoms with E-state index >= 15 is 0 Å². The first kappa shape index (κ1) is 24.6. The molecular weight excluding hydrogens is 468 g/mol. The number of Topliss-reactive ketones (excluding diaryl/α,β-unsaturated/α-hetero) is 1. The number of rotatable bonds is 5. The quantitative estimate of drug-likeness (QED) is 0.276. The Morgan fingerprint density at radius 3 is 2.30 bits per heavy atom. The number of hydrogen-bond acceptors (Lipinski definition) is 6. The van der Waals surface area contributed by atoms with E-state index in [4.69, 9.17) is 9.72 Å². The Hall–Kier alpha value is -4.13. The number of anilines is 1. The monoisotopic (exact) mass is 496 g/mol. The van der Waals surface area contributed by atoms with Gasteiger partial charge in [0.2, 0.25) is 11.8 Å². The van der Waals surface area contributed by atoms with Crippen molar-refractivity contribution >= 4 is 40.2 Å². The van der Waals surface area contributed by atoms with Crippen molar-refractivity contribution in [1.82, 2.24) is 4.98 Å². The van der Waals surface area contributed by atoms with Crippen molar-refractivity contribution in [2.24, 2.45) is 17.3 Å². The van der Waals surface area contributed by atoms with Gasteiger partial charge in [0.15, 0.2) is 12.4 Å². The Morgan fingerprint density at radius 1 is 0.946 bits per heavy atom. The van der Waals surface area contributed by atoms with Gasteiger partial charge in [-0.15, -0.1) is 0 Å². The summed E-state index contributed by atoms with van der Waals surface area (Å²) >= 11 is 0. The number of carbonyl (C=O) groups excluding carboxylic acids is 4. The number of pyridine rings is 1. The second-order valence-electron chi connectivity index (χ2n) is 10.5. The van der Waals surface area contributed by atoms with E-state index < -0.39 is 11.4 Å². The minimum Gasteiger partial charge on any atom is -0.454 e. The third-order valence-electron chi connectivity index (χ3n) is 7.01. The molecule has 37 heavy (non-hydrogen) atoms. The van der Waals surface area contributed by atoms with Gasteiger partial charge in [0.25, 0.3) is 0 Å². The molecule has 1 aliphatic carbocycles. The van der Waals surface area contributed by atoms with Crippen LogP contribution >= 0.6 is 0 Å². The van der Waals surface area contributed by atoms with Crippen LogP contribution in [0.2, 0.25) is 0 Å². The largest absolute Gasteiger partial charge is 0.454 e. The Bertz CT molecular complexity index is 1440. The number of para-hydroxylation sites is 1. The molecule has 2 unspecified atom stereocenters.